The van der Waals surface area contributed by atoms with Crippen LogP contribution in [0.3, 0.4) is 0 Å². The Morgan fingerprint density at radius 3 is 2.17 bits per heavy atom. The molecule has 1 aromatic carbocycles. The van der Waals surface area contributed by atoms with Crippen LogP contribution < -0.4 is 0 Å². The number of benzene rings is 1. The van der Waals surface area contributed by atoms with E-state index in [1.807, 2.05) is 13.8 Å². The molecule has 0 unspecified atom stereocenters. The summed E-state index contributed by atoms with van der Waals surface area (Å²) in [5.74, 6) is 8.07. The second-order valence-corrected chi connectivity index (χ2v) is 6.89. The minimum atomic E-state index is -0.212. The van der Waals surface area contributed by atoms with Crippen molar-refractivity contribution in [2.75, 3.05) is 13.2 Å². The third kappa shape index (κ3) is 4.29. The van der Waals surface area contributed by atoms with E-state index >= 15 is 0 Å². The molecule has 1 aliphatic heterocycles. The minimum Gasteiger partial charge on any atom is -0.348 e. The SMILES string of the molecule is CC#CC1CCC(c2ccc(C3OCC(C=CC)CO3)cc2)CC1. The van der Waals surface area contributed by atoms with Crippen molar-refractivity contribution in [2.45, 2.75) is 51.7 Å². The van der Waals surface area contributed by atoms with Crippen molar-refractivity contribution in [1.29, 1.82) is 0 Å². The number of ether oxygens (including phenoxy) is 2. The fourth-order valence-corrected chi connectivity index (χ4v) is 3.79. The predicted molar refractivity (Wildman–Crippen MR) is 97.5 cm³/mol. The van der Waals surface area contributed by atoms with E-state index < -0.39 is 0 Å². The molecule has 0 N–H and O–H groups in total. The van der Waals surface area contributed by atoms with Gasteiger partial charge in [0.15, 0.2) is 6.29 Å². The van der Waals surface area contributed by atoms with Crippen molar-refractivity contribution >= 4 is 0 Å². The van der Waals surface area contributed by atoms with Gasteiger partial charge in [-0.2, -0.15) is 0 Å². The number of hydrogen-bond donors (Lipinski definition) is 0. The Kier molecular flexibility index (Phi) is 6.12. The van der Waals surface area contributed by atoms with E-state index in [2.05, 4.69) is 48.3 Å². The van der Waals surface area contributed by atoms with Crippen LogP contribution in [0.5, 0.6) is 0 Å². The van der Waals surface area contributed by atoms with E-state index in [-0.39, 0.29) is 6.29 Å². The molecule has 2 heteroatoms. The van der Waals surface area contributed by atoms with Gasteiger partial charge in [0.05, 0.1) is 13.2 Å². The lowest BCUT2D eigenvalue weighted by Gasteiger charge is -2.29. The summed E-state index contributed by atoms with van der Waals surface area (Å²) in [5.41, 5.74) is 2.58. The highest BCUT2D eigenvalue weighted by atomic mass is 16.7. The van der Waals surface area contributed by atoms with Gasteiger partial charge in [0.25, 0.3) is 0 Å². The van der Waals surface area contributed by atoms with Crippen molar-refractivity contribution in [3.05, 3.63) is 47.5 Å². The van der Waals surface area contributed by atoms with E-state index in [1.165, 1.54) is 31.2 Å². The maximum absolute atomic E-state index is 5.87. The van der Waals surface area contributed by atoms with Gasteiger partial charge in [-0.05, 0) is 51.0 Å². The first-order valence-electron chi connectivity index (χ1n) is 9.18. The molecule has 0 radical (unpaired) electrons. The molecule has 2 aliphatic rings. The fourth-order valence-electron chi connectivity index (χ4n) is 3.79. The summed E-state index contributed by atoms with van der Waals surface area (Å²) in [6, 6.07) is 8.87. The van der Waals surface area contributed by atoms with Gasteiger partial charge in [-0.3, -0.25) is 0 Å². The largest absolute Gasteiger partial charge is 0.348 e. The standard InChI is InChI=1S/C22H28O2/c1-3-5-17-7-9-19(10-8-17)20-11-13-21(14-12-20)22-23-15-18(6-4-2)16-24-22/h4,6,11-14,17-19,22H,7-10,15-16H2,1-2H3. The first-order chi connectivity index (χ1) is 11.8. The molecule has 0 aromatic heterocycles. The van der Waals surface area contributed by atoms with Gasteiger partial charge in [-0.15, -0.1) is 11.8 Å². The molecule has 0 bridgehead atoms. The molecule has 1 aliphatic carbocycles. The van der Waals surface area contributed by atoms with Crippen LogP contribution in [0.25, 0.3) is 0 Å². The number of hydrogen-bond acceptors (Lipinski definition) is 2. The summed E-state index contributed by atoms with van der Waals surface area (Å²) in [6.07, 6.45) is 8.96. The van der Waals surface area contributed by atoms with E-state index in [0.29, 0.717) is 17.8 Å². The van der Waals surface area contributed by atoms with Gasteiger partial charge in [0.2, 0.25) is 0 Å². The van der Waals surface area contributed by atoms with Crippen LogP contribution >= 0.6 is 0 Å². The zero-order valence-corrected chi connectivity index (χ0v) is 14.8. The van der Waals surface area contributed by atoms with Gasteiger partial charge in [-0.25, -0.2) is 0 Å². The Morgan fingerprint density at radius 2 is 1.58 bits per heavy atom. The van der Waals surface area contributed by atoms with Crippen LogP contribution in [0.2, 0.25) is 0 Å². The van der Waals surface area contributed by atoms with Crippen molar-refractivity contribution in [3.63, 3.8) is 0 Å². The molecule has 0 atom stereocenters. The highest BCUT2D eigenvalue weighted by Gasteiger charge is 2.24. The van der Waals surface area contributed by atoms with Crippen LogP contribution in [0.4, 0.5) is 0 Å². The smallest absolute Gasteiger partial charge is 0.183 e. The maximum atomic E-state index is 5.87. The Labute approximate surface area is 146 Å². The lowest BCUT2D eigenvalue weighted by Crippen LogP contribution is -2.25. The average Bonchev–Trinajstić information content (AvgIpc) is 2.64. The monoisotopic (exact) mass is 324 g/mol. The van der Waals surface area contributed by atoms with Gasteiger partial charge >= 0.3 is 0 Å². The topological polar surface area (TPSA) is 18.5 Å². The molecule has 2 fully saturated rings. The Bertz CT molecular complexity index is 589. The first kappa shape index (κ1) is 17.3. The van der Waals surface area contributed by atoms with Crippen molar-refractivity contribution in [3.8, 4) is 11.8 Å². The number of rotatable bonds is 3. The van der Waals surface area contributed by atoms with Crippen molar-refractivity contribution in [1.82, 2.24) is 0 Å². The first-order valence-corrected chi connectivity index (χ1v) is 9.18. The van der Waals surface area contributed by atoms with Gasteiger partial charge in [0.1, 0.15) is 0 Å². The average molecular weight is 324 g/mol. The molecular weight excluding hydrogens is 296 g/mol. The molecule has 2 nitrogen and oxygen atoms in total. The van der Waals surface area contributed by atoms with Gasteiger partial charge in [0, 0.05) is 17.4 Å². The molecule has 128 valence electrons. The minimum absolute atomic E-state index is 0.212. The lowest BCUT2D eigenvalue weighted by atomic mass is 9.79. The zero-order valence-electron chi connectivity index (χ0n) is 14.8. The molecule has 24 heavy (non-hydrogen) atoms. The third-order valence-corrected chi connectivity index (χ3v) is 5.14. The Hall–Kier alpha value is -1.56. The van der Waals surface area contributed by atoms with Crippen LogP contribution in [-0.4, -0.2) is 13.2 Å². The molecule has 1 aromatic rings. The Balaban J connectivity index is 1.55. The van der Waals surface area contributed by atoms with Crippen LogP contribution in [0, 0.1) is 23.7 Å². The fraction of sp³-hybridized carbons (Fsp3) is 0.545. The van der Waals surface area contributed by atoms with Crippen LogP contribution in [-0.2, 0) is 9.47 Å². The van der Waals surface area contributed by atoms with Crippen molar-refractivity contribution in [2.24, 2.45) is 11.8 Å². The van der Waals surface area contributed by atoms with Gasteiger partial charge < -0.3 is 9.47 Å². The Morgan fingerprint density at radius 1 is 0.958 bits per heavy atom. The molecule has 0 amide bonds. The highest BCUT2D eigenvalue weighted by molar-refractivity contribution is 5.27. The molecule has 1 saturated heterocycles. The summed E-state index contributed by atoms with van der Waals surface area (Å²) in [7, 11) is 0. The van der Waals surface area contributed by atoms with E-state index in [4.69, 9.17) is 9.47 Å². The second-order valence-electron chi connectivity index (χ2n) is 6.89. The zero-order chi connectivity index (χ0) is 16.8. The van der Waals surface area contributed by atoms with Crippen molar-refractivity contribution < 1.29 is 9.47 Å². The molecule has 0 spiro atoms. The lowest BCUT2D eigenvalue weighted by molar-refractivity contribution is -0.197. The van der Waals surface area contributed by atoms with E-state index in [1.54, 1.807) is 0 Å². The molecular formula is C22H28O2. The molecule has 1 saturated carbocycles. The third-order valence-electron chi connectivity index (χ3n) is 5.14. The number of allylic oxidation sites excluding steroid dienone is 1. The van der Waals surface area contributed by atoms with Gasteiger partial charge in [-0.1, -0.05) is 36.4 Å². The molecule has 3 rings (SSSR count). The van der Waals surface area contributed by atoms with Crippen LogP contribution in [0.1, 0.15) is 62.9 Å². The summed E-state index contributed by atoms with van der Waals surface area (Å²) >= 11 is 0. The van der Waals surface area contributed by atoms with Crippen LogP contribution in [0.15, 0.2) is 36.4 Å². The summed E-state index contributed by atoms with van der Waals surface area (Å²) in [4.78, 5) is 0. The molecule has 1 heterocycles. The summed E-state index contributed by atoms with van der Waals surface area (Å²) in [6.45, 7) is 5.45. The summed E-state index contributed by atoms with van der Waals surface area (Å²) in [5, 5.41) is 0. The van der Waals surface area contributed by atoms with E-state index in [9.17, 15) is 0 Å². The normalized spacial score (nSPS) is 30.8. The second kappa shape index (κ2) is 8.51. The summed E-state index contributed by atoms with van der Waals surface area (Å²) < 4.78 is 11.7. The highest BCUT2D eigenvalue weighted by Crippen LogP contribution is 2.36. The quantitative estimate of drug-likeness (QED) is 0.560. The maximum Gasteiger partial charge on any atom is 0.183 e. The van der Waals surface area contributed by atoms with E-state index in [0.717, 1.165) is 18.8 Å². The predicted octanol–water partition coefficient (Wildman–Crippen LogP) is 5.22.